The van der Waals surface area contributed by atoms with Crippen molar-refractivity contribution in [2.75, 3.05) is 12.4 Å². The van der Waals surface area contributed by atoms with E-state index in [9.17, 15) is 4.79 Å². The predicted molar refractivity (Wildman–Crippen MR) is 63.2 cm³/mol. The third kappa shape index (κ3) is 2.79. The highest BCUT2D eigenvalue weighted by Crippen LogP contribution is 2.27. The van der Waals surface area contributed by atoms with Gasteiger partial charge in [-0.3, -0.25) is 0 Å². The van der Waals surface area contributed by atoms with Gasteiger partial charge in [0.25, 0.3) is 0 Å². The van der Waals surface area contributed by atoms with Gasteiger partial charge in [0, 0.05) is 12.1 Å². The van der Waals surface area contributed by atoms with Crippen LogP contribution < -0.4 is 15.4 Å². The van der Waals surface area contributed by atoms with Gasteiger partial charge in [0.2, 0.25) is 0 Å². The molecule has 1 aliphatic carbocycles. The van der Waals surface area contributed by atoms with Crippen LogP contribution in [0.5, 0.6) is 5.75 Å². The molecule has 2 rings (SSSR count). The van der Waals surface area contributed by atoms with Crippen molar-refractivity contribution in [2.45, 2.75) is 18.9 Å². The van der Waals surface area contributed by atoms with E-state index in [1.807, 2.05) is 0 Å². The molecule has 1 aromatic rings. The second-order valence-electron chi connectivity index (χ2n) is 3.72. The van der Waals surface area contributed by atoms with Crippen LogP contribution in [0.3, 0.4) is 0 Å². The molecule has 1 fully saturated rings. The lowest BCUT2D eigenvalue weighted by atomic mass is 10.3. The van der Waals surface area contributed by atoms with E-state index in [-0.39, 0.29) is 6.03 Å². The number of rotatable bonds is 3. The summed E-state index contributed by atoms with van der Waals surface area (Å²) in [5.74, 6) is 0.658. The zero-order valence-corrected chi connectivity index (χ0v) is 9.67. The summed E-state index contributed by atoms with van der Waals surface area (Å²) in [5.41, 5.74) is 0.555. The van der Waals surface area contributed by atoms with Gasteiger partial charge in [-0.05, 0) is 25.0 Å². The summed E-state index contributed by atoms with van der Waals surface area (Å²) in [5, 5.41) is 6.00. The minimum absolute atomic E-state index is 0.224. The van der Waals surface area contributed by atoms with E-state index in [4.69, 9.17) is 16.3 Å². The average Bonchev–Trinajstić information content (AvgIpc) is 3.05. The number of hydrogen-bond acceptors (Lipinski definition) is 2. The van der Waals surface area contributed by atoms with Crippen LogP contribution in [0.1, 0.15) is 12.8 Å². The van der Waals surface area contributed by atoms with Crippen molar-refractivity contribution < 1.29 is 9.53 Å². The molecule has 0 radical (unpaired) electrons. The number of ether oxygens (including phenoxy) is 1. The topological polar surface area (TPSA) is 50.4 Å². The monoisotopic (exact) mass is 240 g/mol. The fourth-order valence-electron chi connectivity index (χ4n) is 1.30. The molecule has 0 saturated heterocycles. The molecule has 16 heavy (non-hydrogen) atoms. The van der Waals surface area contributed by atoms with Gasteiger partial charge in [0.05, 0.1) is 17.8 Å². The number of carbonyl (C=O) groups excluding carboxylic acids is 1. The summed E-state index contributed by atoms with van der Waals surface area (Å²) in [6, 6.07) is 5.22. The number of urea groups is 1. The van der Waals surface area contributed by atoms with E-state index in [2.05, 4.69) is 10.6 Å². The predicted octanol–water partition coefficient (Wildman–Crippen LogP) is 2.63. The van der Waals surface area contributed by atoms with Crippen molar-refractivity contribution in [1.29, 1.82) is 0 Å². The SMILES string of the molecule is COc1ccc(Cl)c(NC(=O)NC2CC2)c1. The van der Waals surface area contributed by atoms with Crippen LogP contribution in [0, 0.1) is 0 Å². The van der Waals surface area contributed by atoms with Crippen molar-refractivity contribution in [2.24, 2.45) is 0 Å². The molecular weight excluding hydrogens is 228 g/mol. The molecule has 86 valence electrons. The lowest BCUT2D eigenvalue weighted by molar-refractivity contribution is 0.251. The zero-order chi connectivity index (χ0) is 11.5. The van der Waals surface area contributed by atoms with Crippen molar-refractivity contribution in [3.8, 4) is 5.75 Å². The van der Waals surface area contributed by atoms with Gasteiger partial charge in [0.15, 0.2) is 0 Å². The van der Waals surface area contributed by atoms with Crippen molar-refractivity contribution in [3.05, 3.63) is 23.2 Å². The van der Waals surface area contributed by atoms with Crippen LogP contribution in [-0.2, 0) is 0 Å². The molecule has 1 aliphatic rings. The molecule has 1 saturated carbocycles. The summed E-state index contributed by atoms with van der Waals surface area (Å²) >= 11 is 5.95. The van der Waals surface area contributed by atoms with Crippen LogP contribution in [0.15, 0.2) is 18.2 Å². The Hall–Kier alpha value is -1.42. The molecule has 5 heteroatoms. The molecule has 4 nitrogen and oxygen atoms in total. The maximum Gasteiger partial charge on any atom is 0.319 e. The summed E-state index contributed by atoms with van der Waals surface area (Å²) in [7, 11) is 1.57. The molecule has 0 bridgehead atoms. The maximum absolute atomic E-state index is 11.5. The Labute approximate surface area is 98.9 Å². The number of halogens is 1. The van der Waals surface area contributed by atoms with Gasteiger partial charge < -0.3 is 15.4 Å². The standard InChI is InChI=1S/C11H13ClN2O2/c1-16-8-4-5-9(12)10(6-8)14-11(15)13-7-2-3-7/h4-7H,2-3H2,1H3,(H2,13,14,15). The Morgan fingerprint density at radius 2 is 2.25 bits per heavy atom. The minimum Gasteiger partial charge on any atom is -0.497 e. The lowest BCUT2D eigenvalue weighted by Gasteiger charge is -2.09. The number of nitrogens with one attached hydrogen (secondary N) is 2. The molecule has 0 spiro atoms. The largest absolute Gasteiger partial charge is 0.497 e. The normalized spacial score (nSPS) is 14.4. The minimum atomic E-state index is -0.224. The molecule has 0 heterocycles. The Morgan fingerprint density at radius 3 is 2.88 bits per heavy atom. The summed E-state index contributed by atoms with van der Waals surface area (Å²) in [4.78, 5) is 11.5. The second kappa shape index (κ2) is 4.61. The number of methoxy groups -OCH3 is 1. The summed E-state index contributed by atoms with van der Waals surface area (Å²) in [6.07, 6.45) is 2.11. The lowest BCUT2D eigenvalue weighted by Crippen LogP contribution is -2.30. The van der Waals surface area contributed by atoms with Crippen molar-refractivity contribution >= 4 is 23.3 Å². The van der Waals surface area contributed by atoms with Gasteiger partial charge in [-0.25, -0.2) is 4.79 Å². The maximum atomic E-state index is 11.5. The second-order valence-corrected chi connectivity index (χ2v) is 4.13. The van der Waals surface area contributed by atoms with E-state index in [1.165, 1.54) is 0 Å². The third-order valence-electron chi connectivity index (χ3n) is 2.33. The molecule has 2 N–H and O–H groups in total. The van der Waals surface area contributed by atoms with Crippen LogP contribution in [0.25, 0.3) is 0 Å². The summed E-state index contributed by atoms with van der Waals surface area (Å²) < 4.78 is 5.05. The molecular formula is C11H13ClN2O2. The first-order valence-corrected chi connectivity index (χ1v) is 5.48. The summed E-state index contributed by atoms with van der Waals surface area (Å²) in [6.45, 7) is 0. The van der Waals surface area contributed by atoms with Gasteiger partial charge >= 0.3 is 6.03 Å². The number of benzene rings is 1. The van der Waals surface area contributed by atoms with E-state index >= 15 is 0 Å². The first-order valence-electron chi connectivity index (χ1n) is 5.10. The number of hydrogen-bond donors (Lipinski definition) is 2. The molecule has 1 aromatic carbocycles. The third-order valence-corrected chi connectivity index (χ3v) is 2.66. The number of anilines is 1. The molecule has 0 unspecified atom stereocenters. The van der Waals surface area contributed by atoms with E-state index in [0.29, 0.717) is 22.5 Å². The van der Waals surface area contributed by atoms with Crippen LogP contribution in [0.4, 0.5) is 10.5 Å². The fourth-order valence-corrected chi connectivity index (χ4v) is 1.46. The highest BCUT2D eigenvalue weighted by molar-refractivity contribution is 6.33. The van der Waals surface area contributed by atoms with Gasteiger partial charge in [-0.2, -0.15) is 0 Å². The van der Waals surface area contributed by atoms with Gasteiger partial charge in [0.1, 0.15) is 5.75 Å². The molecule has 0 atom stereocenters. The molecule has 2 amide bonds. The van der Waals surface area contributed by atoms with Crippen LogP contribution in [0.2, 0.25) is 5.02 Å². The first kappa shape index (κ1) is 11.1. The average molecular weight is 241 g/mol. The molecule has 0 aromatic heterocycles. The first-order chi connectivity index (χ1) is 7.69. The van der Waals surface area contributed by atoms with E-state index in [0.717, 1.165) is 12.8 Å². The Kier molecular flexibility index (Phi) is 3.19. The highest BCUT2D eigenvalue weighted by Gasteiger charge is 2.23. The van der Waals surface area contributed by atoms with Gasteiger partial charge in [-0.1, -0.05) is 11.6 Å². The molecule has 0 aliphatic heterocycles. The van der Waals surface area contributed by atoms with Gasteiger partial charge in [-0.15, -0.1) is 0 Å². The van der Waals surface area contributed by atoms with E-state index in [1.54, 1.807) is 25.3 Å². The quantitative estimate of drug-likeness (QED) is 0.853. The number of amides is 2. The smallest absolute Gasteiger partial charge is 0.319 e. The Bertz CT molecular complexity index is 405. The number of carbonyl (C=O) groups is 1. The Balaban J connectivity index is 2.03. The van der Waals surface area contributed by atoms with Crippen LogP contribution >= 0.6 is 11.6 Å². The Morgan fingerprint density at radius 1 is 1.50 bits per heavy atom. The highest BCUT2D eigenvalue weighted by atomic mass is 35.5. The van der Waals surface area contributed by atoms with Crippen molar-refractivity contribution in [1.82, 2.24) is 5.32 Å². The fraction of sp³-hybridized carbons (Fsp3) is 0.364. The zero-order valence-electron chi connectivity index (χ0n) is 8.92. The van der Waals surface area contributed by atoms with Crippen LogP contribution in [-0.4, -0.2) is 19.2 Å². The van der Waals surface area contributed by atoms with Crippen molar-refractivity contribution in [3.63, 3.8) is 0 Å². The van der Waals surface area contributed by atoms with E-state index < -0.39 is 0 Å².